The van der Waals surface area contributed by atoms with Crippen molar-refractivity contribution in [3.63, 3.8) is 0 Å². The number of likely N-dealkylation sites (N-methyl/N-ethyl adjacent to an activating group) is 1. The molecular weight excluding hydrogens is 518 g/mol. The first kappa shape index (κ1) is 28.1. The van der Waals surface area contributed by atoms with E-state index in [1.54, 1.807) is 13.0 Å². The van der Waals surface area contributed by atoms with E-state index in [-0.39, 0.29) is 25.0 Å². The minimum atomic E-state index is -3.76. The number of aromatic nitrogens is 1. The van der Waals surface area contributed by atoms with Crippen molar-refractivity contribution in [2.24, 2.45) is 0 Å². The summed E-state index contributed by atoms with van der Waals surface area (Å²) in [5, 5.41) is 1.90. The van der Waals surface area contributed by atoms with Crippen molar-refractivity contribution in [2.45, 2.75) is 58.2 Å². The molecule has 8 heteroatoms. The average molecular weight is 554 g/mol. The van der Waals surface area contributed by atoms with Gasteiger partial charge < -0.3 is 9.47 Å². The summed E-state index contributed by atoms with van der Waals surface area (Å²) in [4.78, 5) is 15.6. The molecular formula is C30H36ClN3O3S. The largest absolute Gasteiger partial charge is 0.345 e. The zero-order chi connectivity index (χ0) is 27.0. The Labute approximate surface area is 231 Å². The van der Waals surface area contributed by atoms with Gasteiger partial charge >= 0.3 is 0 Å². The van der Waals surface area contributed by atoms with Gasteiger partial charge in [0.25, 0.3) is 0 Å². The van der Waals surface area contributed by atoms with E-state index in [0.717, 1.165) is 42.5 Å². The number of rotatable bonds is 11. The quantitative estimate of drug-likeness (QED) is 0.285. The van der Waals surface area contributed by atoms with Crippen LogP contribution >= 0.6 is 11.6 Å². The molecule has 1 aromatic heterocycles. The van der Waals surface area contributed by atoms with Crippen LogP contribution in [0, 0.1) is 0 Å². The molecule has 3 aromatic rings. The van der Waals surface area contributed by atoms with Gasteiger partial charge in [0, 0.05) is 41.5 Å². The van der Waals surface area contributed by atoms with Gasteiger partial charge in [0.1, 0.15) is 0 Å². The average Bonchev–Trinajstić information content (AvgIpc) is 3.38. The van der Waals surface area contributed by atoms with Crippen LogP contribution in [0.25, 0.3) is 6.08 Å². The molecule has 0 unspecified atom stereocenters. The van der Waals surface area contributed by atoms with Crippen LogP contribution in [0.3, 0.4) is 0 Å². The number of carbonyl (C=O) groups excluding carboxylic acids is 1. The van der Waals surface area contributed by atoms with Crippen LogP contribution in [-0.4, -0.2) is 47.2 Å². The molecule has 202 valence electrons. The number of hydrogen-bond donors (Lipinski definition) is 0. The minimum absolute atomic E-state index is 0.0983. The highest BCUT2D eigenvalue weighted by Gasteiger charge is 2.30. The molecule has 0 saturated heterocycles. The van der Waals surface area contributed by atoms with Gasteiger partial charge in [-0.15, -0.1) is 0 Å². The lowest BCUT2D eigenvalue weighted by Gasteiger charge is -2.35. The Hall–Kier alpha value is -2.87. The van der Waals surface area contributed by atoms with Crippen LogP contribution in [0.15, 0.2) is 78.3 Å². The van der Waals surface area contributed by atoms with Gasteiger partial charge in [-0.05, 0) is 48.2 Å². The van der Waals surface area contributed by atoms with Crippen molar-refractivity contribution < 1.29 is 13.2 Å². The van der Waals surface area contributed by atoms with Gasteiger partial charge in [0.15, 0.2) is 0 Å². The number of amides is 1. The van der Waals surface area contributed by atoms with Gasteiger partial charge in [0.2, 0.25) is 15.9 Å². The standard InChI is InChI=1S/C30H36ClN3O3S/c1-2-33(38(36,37)21-19-25-12-5-3-6-13-25)24-30(35)34(27-15-7-4-8-16-27)23-28-17-11-20-32(28)22-26-14-9-10-18-29(26)31/h3,5-6,9-14,17-21,27H,2,4,7-8,15-16,22-24H2,1H3/b21-19+. The molecule has 1 aliphatic carbocycles. The maximum absolute atomic E-state index is 13.7. The van der Waals surface area contributed by atoms with Crippen LogP contribution in [0.4, 0.5) is 0 Å². The van der Waals surface area contributed by atoms with Crippen molar-refractivity contribution in [3.05, 3.63) is 100 Å². The Bertz CT molecular complexity index is 1330. The maximum atomic E-state index is 13.7. The van der Waals surface area contributed by atoms with Crippen LogP contribution in [-0.2, 0) is 27.9 Å². The number of nitrogens with zero attached hydrogens (tertiary/aromatic N) is 3. The molecule has 0 spiro atoms. The Morgan fingerprint density at radius 1 is 1.00 bits per heavy atom. The highest BCUT2D eigenvalue weighted by atomic mass is 35.5. The molecule has 1 heterocycles. The molecule has 1 aliphatic rings. The second kappa shape index (κ2) is 13.3. The fourth-order valence-electron chi connectivity index (χ4n) is 4.98. The summed E-state index contributed by atoms with van der Waals surface area (Å²) in [6.45, 7) is 2.84. The molecule has 6 nitrogen and oxygen atoms in total. The van der Waals surface area contributed by atoms with Crippen LogP contribution < -0.4 is 0 Å². The molecule has 0 N–H and O–H groups in total. The Balaban J connectivity index is 1.53. The number of halogens is 1. The smallest absolute Gasteiger partial charge is 0.238 e. The molecule has 0 aliphatic heterocycles. The van der Waals surface area contributed by atoms with Crippen LogP contribution in [0.1, 0.15) is 55.8 Å². The molecule has 4 rings (SSSR count). The summed E-state index contributed by atoms with van der Waals surface area (Å²) in [6.07, 6.45) is 8.76. The third-order valence-corrected chi connectivity index (χ3v) is 9.10. The van der Waals surface area contributed by atoms with Gasteiger partial charge in [-0.2, -0.15) is 4.31 Å². The summed E-state index contributed by atoms with van der Waals surface area (Å²) in [7, 11) is -3.76. The molecule has 0 bridgehead atoms. The van der Waals surface area contributed by atoms with Crippen molar-refractivity contribution >= 4 is 33.6 Å². The summed E-state index contributed by atoms with van der Waals surface area (Å²) in [5.74, 6) is -0.166. The Kier molecular flexibility index (Phi) is 9.83. The molecule has 38 heavy (non-hydrogen) atoms. The van der Waals surface area contributed by atoms with E-state index in [4.69, 9.17) is 11.6 Å². The van der Waals surface area contributed by atoms with E-state index in [0.29, 0.717) is 18.1 Å². The SMILES string of the molecule is CCN(CC(=O)N(Cc1cccn1Cc1ccccc1Cl)C1CCCCC1)S(=O)(=O)/C=C/c1ccccc1. The van der Waals surface area contributed by atoms with E-state index in [1.165, 1.54) is 16.1 Å². The first-order valence-corrected chi connectivity index (χ1v) is 15.2. The lowest BCUT2D eigenvalue weighted by atomic mass is 9.94. The van der Waals surface area contributed by atoms with E-state index < -0.39 is 10.0 Å². The monoisotopic (exact) mass is 553 g/mol. The molecule has 1 amide bonds. The number of sulfonamides is 1. The van der Waals surface area contributed by atoms with Gasteiger partial charge in [-0.1, -0.05) is 86.3 Å². The topological polar surface area (TPSA) is 62.6 Å². The summed E-state index contributed by atoms with van der Waals surface area (Å²) in [6, 6.07) is 21.1. The zero-order valence-corrected chi connectivity index (χ0v) is 23.4. The molecule has 1 fully saturated rings. The van der Waals surface area contributed by atoms with Gasteiger partial charge in [-0.25, -0.2) is 8.42 Å². The van der Waals surface area contributed by atoms with E-state index in [2.05, 4.69) is 4.57 Å². The number of benzene rings is 2. The third-order valence-electron chi connectivity index (χ3n) is 7.15. The van der Waals surface area contributed by atoms with Crippen LogP contribution in [0.5, 0.6) is 0 Å². The molecule has 2 aromatic carbocycles. The van der Waals surface area contributed by atoms with Crippen LogP contribution in [0.2, 0.25) is 5.02 Å². The predicted molar refractivity (Wildman–Crippen MR) is 154 cm³/mol. The van der Waals surface area contributed by atoms with E-state index in [1.807, 2.05) is 77.8 Å². The molecule has 1 saturated carbocycles. The highest BCUT2D eigenvalue weighted by Crippen LogP contribution is 2.26. The summed E-state index contributed by atoms with van der Waals surface area (Å²) < 4.78 is 29.6. The zero-order valence-electron chi connectivity index (χ0n) is 21.9. The van der Waals surface area contributed by atoms with Crippen molar-refractivity contribution in [1.82, 2.24) is 13.8 Å². The van der Waals surface area contributed by atoms with Crippen molar-refractivity contribution in [3.8, 4) is 0 Å². The summed E-state index contributed by atoms with van der Waals surface area (Å²) in [5.41, 5.74) is 2.80. The van der Waals surface area contributed by atoms with E-state index in [9.17, 15) is 13.2 Å². The van der Waals surface area contributed by atoms with E-state index >= 15 is 0 Å². The lowest BCUT2D eigenvalue weighted by molar-refractivity contribution is -0.135. The third kappa shape index (κ3) is 7.37. The van der Waals surface area contributed by atoms with Gasteiger partial charge in [-0.3, -0.25) is 4.79 Å². The maximum Gasteiger partial charge on any atom is 0.238 e. The molecule has 0 radical (unpaired) electrons. The Morgan fingerprint density at radius 3 is 2.42 bits per heavy atom. The second-order valence-corrected chi connectivity index (χ2v) is 11.9. The first-order valence-electron chi connectivity index (χ1n) is 13.3. The highest BCUT2D eigenvalue weighted by molar-refractivity contribution is 7.92. The fraction of sp³-hybridized carbons (Fsp3) is 0.367. The first-order chi connectivity index (χ1) is 18.4. The number of carbonyl (C=O) groups is 1. The summed E-state index contributed by atoms with van der Waals surface area (Å²) >= 11 is 6.41. The Morgan fingerprint density at radius 2 is 1.71 bits per heavy atom. The second-order valence-electron chi connectivity index (χ2n) is 9.72. The lowest BCUT2D eigenvalue weighted by Crippen LogP contribution is -2.47. The normalized spacial score (nSPS) is 14.8. The molecule has 0 atom stereocenters. The number of hydrogen-bond acceptors (Lipinski definition) is 3. The van der Waals surface area contributed by atoms with Crippen molar-refractivity contribution in [1.29, 1.82) is 0 Å². The minimum Gasteiger partial charge on any atom is -0.345 e. The fourth-order valence-corrected chi connectivity index (χ4v) is 6.33. The predicted octanol–water partition coefficient (Wildman–Crippen LogP) is 6.17. The van der Waals surface area contributed by atoms with Crippen molar-refractivity contribution in [2.75, 3.05) is 13.1 Å². The van der Waals surface area contributed by atoms with Gasteiger partial charge in [0.05, 0.1) is 13.1 Å².